The number of nitrogen functional groups attached to an aromatic ring is 2. The number of benzene rings is 1. The summed E-state index contributed by atoms with van der Waals surface area (Å²) in [6.45, 7) is 0. The van der Waals surface area contributed by atoms with Crippen LogP contribution in [0.15, 0.2) is 24.4 Å². The molecule has 0 atom stereocenters. The summed E-state index contributed by atoms with van der Waals surface area (Å²) in [5, 5.41) is 20.9. The lowest BCUT2D eigenvalue weighted by atomic mass is 9.74. The monoisotopic (exact) mass is 343 g/mol. The molecule has 6 N–H and O–H groups in total. The van der Waals surface area contributed by atoms with Gasteiger partial charge in [0.05, 0.1) is 17.0 Å². The molecular weight excluding hydrogens is 321 g/mol. The molecule has 1 aromatic heterocycles. The minimum Gasteiger partial charge on any atom is -0.398 e. The summed E-state index contributed by atoms with van der Waals surface area (Å²) in [6.07, 6.45) is 5.82. The van der Waals surface area contributed by atoms with Gasteiger partial charge in [0.25, 0.3) is 0 Å². The summed E-state index contributed by atoms with van der Waals surface area (Å²) >= 11 is 0. The molecule has 132 valence electrons. The highest BCUT2D eigenvalue weighted by Gasteiger charge is 2.40. The third-order valence-electron chi connectivity index (χ3n) is 5.67. The van der Waals surface area contributed by atoms with Gasteiger partial charge in [0.2, 0.25) is 0 Å². The number of anilines is 2. The lowest BCUT2D eigenvalue weighted by Gasteiger charge is -2.38. The summed E-state index contributed by atoms with van der Waals surface area (Å²) < 4.78 is 14.7. The van der Waals surface area contributed by atoms with Crippen LogP contribution < -0.4 is 11.5 Å². The molecule has 5 nitrogen and oxygen atoms in total. The number of pyridine rings is 1. The Labute approximate surface area is 145 Å². The van der Waals surface area contributed by atoms with Crippen molar-refractivity contribution in [2.24, 2.45) is 0 Å². The van der Waals surface area contributed by atoms with E-state index in [1.807, 2.05) is 0 Å². The van der Waals surface area contributed by atoms with Crippen molar-refractivity contribution in [3.05, 3.63) is 41.5 Å². The second-order valence-electron chi connectivity index (χ2n) is 7.35. The fourth-order valence-corrected chi connectivity index (χ4v) is 3.76. The van der Waals surface area contributed by atoms with Gasteiger partial charge < -0.3 is 21.7 Å². The maximum absolute atomic E-state index is 14.7. The fraction of sp³-hybridized carbons (Fsp3) is 0.421. The van der Waals surface area contributed by atoms with Crippen LogP contribution in [-0.2, 0) is 11.2 Å². The van der Waals surface area contributed by atoms with Gasteiger partial charge in [-0.05, 0) is 56.7 Å². The molecule has 0 unspecified atom stereocenters. The van der Waals surface area contributed by atoms with Crippen LogP contribution >= 0.6 is 0 Å². The Bertz CT molecular complexity index is 845. The molecule has 0 aliphatic heterocycles. The van der Waals surface area contributed by atoms with Crippen molar-refractivity contribution < 1.29 is 14.6 Å². The SMILES string of the molecule is Nc1cc(-c2cnc(C3(O)CCC3)c(N)c2)c(F)cc1C1(O)CCC1. The molecule has 1 heterocycles. The van der Waals surface area contributed by atoms with Crippen LogP contribution in [0.4, 0.5) is 15.8 Å². The van der Waals surface area contributed by atoms with Gasteiger partial charge in [0.1, 0.15) is 11.4 Å². The number of hydrogen-bond donors (Lipinski definition) is 4. The maximum Gasteiger partial charge on any atom is 0.131 e. The zero-order valence-electron chi connectivity index (χ0n) is 13.9. The Hall–Kier alpha value is -2.18. The maximum atomic E-state index is 14.7. The van der Waals surface area contributed by atoms with E-state index in [-0.39, 0.29) is 5.56 Å². The Morgan fingerprint density at radius 3 is 2.08 bits per heavy atom. The summed E-state index contributed by atoms with van der Waals surface area (Å²) in [7, 11) is 0. The summed E-state index contributed by atoms with van der Waals surface area (Å²) in [4.78, 5) is 4.29. The number of hydrogen-bond acceptors (Lipinski definition) is 5. The summed E-state index contributed by atoms with van der Waals surface area (Å²) in [5.74, 6) is -0.471. The van der Waals surface area contributed by atoms with Gasteiger partial charge in [-0.1, -0.05) is 0 Å². The highest BCUT2D eigenvalue weighted by atomic mass is 19.1. The molecule has 0 spiro atoms. The van der Waals surface area contributed by atoms with Crippen LogP contribution in [0.25, 0.3) is 11.1 Å². The van der Waals surface area contributed by atoms with E-state index in [9.17, 15) is 14.6 Å². The van der Waals surface area contributed by atoms with E-state index in [2.05, 4.69) is 4.98 Å². The van der Waals surface area contributed by atoms with Gasteiger partial charge in [-0.2, -0.15) is 0 Å². The van der Waals surface area contributed by atoms with E-state index in [0.29, 0.717) is 53.9 Å². The van der Waals surface area contributed by atoms with Gasteiger partial charge in [0.15, 0.2) is 0 Å². The van der Waals surface area contributed by atoms with Gasteiger partial charge >= 0.3 is 0 Å². The van der Waals surface area contributed by atoms with Crippen molar-refractivity contribution in [2.75, 3.05) is 11.5 Å². The fourth-order valence-electron chi connectivity index (χ4n) is 3.76. The van der Waals surface area contributed by atoms with Crippen molar-refractivity contribution in [3.63, 3.8) is 0 Å². The van der Waals surface area contributed by atoms with Crippen LogP contribution in [0.2, 0.25) is 0 Å². The predicted octanol–water partition coefficient (Wildman–Crippen LogP) is 2.80. The minimum atomic E-state index is -1.02. The molecule has 2 aromatic rings. The highest BCUT2D eigenvalue weighted by Crippen LogP contribution is 2.46. The highest BCUT2D eigenvalue weighted by molar-refractivity contribution is 5.73. The Morgan fingerprint density at radius 1 is 0.920 bits per heavy atom. The first-order valence-corrected chi connectivity index (χ1v) is 8.63. The van der Waals surface area contributed by atoms with Crippen molar-refractivity contribution in [1.82, 2.24) is 4.98 Å². The first-order valence-electron chi connectivity index (χ1n) is 8.63. The third kappa shape index (κ3) is 2.48. The second kappa shape index (κ2) is 5.41. The average Bonchev–Trinajstić information content (AvgIpc) is 2.52. The Balaban J connectivity index is 1.72. The van der Waals surface area contributed by atoms with E-state index in [4.69, 9.17) is 11.5 Å². The number of halogens is 1. The van der Waals surface area contributed by atoms with Crippen LogP contribution in [-0.4, -0.2) is 15.2 Å². The third-order valence-corrected chi connectivity index (χ3v) is 5.67. The minimum absolute atomic E-state index is 0.288. The van der Waals surface area contributed by atoms with Crippen LogP contribution in [0, 0.1) is 5.82 Å². The molecule has 0 saturated heterocycles. The Morgan fingerprint density at radius 2 is 1.56 bits per heavy atom. The van der Waals surface area contributed by atoms with Gasteiger partial charge in [-0.25, -0.2) is 4.39 Å². The second-order valence-corrected chi connectivity index (χ2v) is 7.35. The molecule has 0 radical (unpaired) electrons. The molecule has 2 fully saturated rings. The van der Waals surface area contributed by atoms with Crippen molar-refractivity contribution in [1.29, 1.82) is 0 Å². The normalized spacial score (nSPS) is 20.6. The largest absolute Gasteiger partial charge is 0.398 e. The van der Waals surface area contributed by atoms with E-state index in [1.165, 1.54) is 18.3 Å². The molecule has 1 aromatic carbocycles. The lowest BCUT2D eigenvalue weighted by Crippen LogP contribution is -2.35. The molecule has 25 heavy (non-hydrogen) atoms. The number of rotatable bonds is 3. The lowest BCUT2D eigenvalue weighted by molar-refractivity contribution is -0.0419. The standard InChI is InChI=1S/C19H22FN3O2/c20-14-9-13(18(24)3-1-4-18)15(21)8-12(14)11-7-16(22)17(23-10-11)19(25)5-2-6-19/h7-10,24-25H,1-6,21-22H2. The molecule has 4 rings (SSSR count). The summed E-state index contributed by atoms with van der Waals surface area (Å²) in [5.41, 5.74) is 12.5. The van der Waals surface area contributed by atoms with Crippen LogP contribution in [0.3, 0.4) is 0 Å². The number of nitrogens with zero attached hydrogens (tertiary/aromatic N) is 1. The van der Waals surface area contributed by atoms with Gasteiger partial charge in [0, 0.05) is 28.6 Å². The number of aliphatic hydroxyl groups is 2. The molecule has 2 saturated carbocycles. The predicted molar refractivity (Wildman–Crippen MR) is 94.0 cm³/mol. The van der Waals surface area contributed by atoms with Gasteiger partial charge in [-0.15, -0.1) is 0 Å². The van der Waals surface area contributed by atoms with Crippen molar-refractivity contribution in [3.8, 4) is 11.1 Å². The quantitative estimate of drug-likeness (QED) is 0.641. The molecule has 2 aliphatic carbocycles. The van der Waals surface area contributed by atoms with E-state index < -0.39 is 17.0 Å². The van der Waals surface area contributed by atoms with E-state index in [0.717, 1.165) is 12.8 Å². The van der Waals surface area contributed by atoms with Crippen molar-refractivity contribution >= 4 is 11.4 Å². The zero-order chi connectivity index (χ0) is 17.8. The molecule has 0 bridgehead atoms. The zero-order valence-corrected chi connectivity index (χ0v) is 13.9. The number of nitrogens with two attached hydrogens (primary N) is 2. The topological polar surface area (TPSA) is 105 Å². The summed E-state index contributed by atoms with van der Waals surface area (Å²) in [6, 6.07) is 4.46. The molecule has 0 amide bonds. The molecular formula is C19H22FN3O2. The molecule has 2 aliphatic rings. The Kier molecular flexibility index (Phi) is 3.53. The van der Waals surface area contributed by atoms with Crippen LogP contribution in [0.5, 0.6) is 0 Å². The van der Waals surface area contributed by atoms with Gasteiger partial charge in [-0.3, -0.25) is 4.98 Å². The first-order chi connectivity index (χ1) is 11.8. The van der Waals surface area contributed by atoms with Crippen LogP contribution in [0.1, 0.15) is 49.8 Å². The number of aromatic nitrogens is 1. The van der Waals surface area contributed by atoms with Crippen molar-refractivity contribution in [2.45, 2.75) is 49.7 Å². The molecule has 6 heteroatoms. The average molecular weight is 343 g/mol. The smallest absolute Gasteiger partial charge is 0.131 e. The van der Waals surface area contributed by atoms with E-state index in [1.54, 1.807) is 6.07 Å². The van der Waals surface area contributed by atoms with E-state index >= 15 is 0 Å². The first kappa shape index (κ1) is 16.3.